The Morgan fingerprint density at radius 3 is 2.92 bits per heavy atom. The predicted molar refractivity (Wildman–Crippen MR) is 97.1 cm³/mol. The molecule has 1 atom stereocenters. The highest BCUT2D eigenvalue weighted by Gasteiger charge is 2.43. The van der Waals surface area contributed by atoms with Crippen LogP contribution in [0.3, 0.4) is 0 Å². The normalized spacial score (nSPS) is 19.5. The standard InChI is InChI=1S/C17H19N3O5S/c21-14(20-17(16(23)24)6-7-25-10-17)5-8-26-9-13-18-12-4-2-1-3-11(12)15(22)19-13/h1-4H,5-10H2,(H,20,21)(H,23,24)(H,18,19,22). The summed E-state index contributed by atoms with van der Waals surface area (Å²) in [6, 6.07) is 7.10. The number of aliphatic carboxylic acids is 1. The molecule has 1 aromatic heterocycles. The molecular formula is C17H19N3O5S. The van der Waals surface area contributed by atoms with Crippen LogP contribution in [0.15, 0.2) is 29.1 Å². The van der Waals surface area contributed by atoms with Gasteiger partial charge in [0.05, 0.1) is 23.3 Å². The van der Waals surface area contributed by atoms with Gasteiger partial charge in [0.1, 0.15) is 5.82 Å². The van der Waals surface area contributed by atoms with Gasteiger partial charge in [-0.1, -0.05) is 12.1 Å². The van der Waals surface area contributed by atoms with Crippen molar-refractivity contribution in [2.75, 3.05) is 19.0 Å². The third-order valence-electron chi connectivity index (χ3n) is 4.18. The minimum atomic E-state index is -1.31. The highest BCUT2D eigenvalue weighted by molar-refractivity contribution is 7.98. The summed E-state index contributed by atoms with van der Waals surface area (Å²) >= 11 is 1.45. The second-order valence-electron chi connectivity index (χ2n) is 6.07. The number of hydrogen-bond acceptors (Lipinski definition) is 6. The van der Waals surface area contributed by atoms with Gasteiger partial charge in [-0.25, -0.2) is 9.78 Å². The first-order chi connectivity index (χ1) is 12.5. The smallest absolute Gasteiger partial charge is 0.331 e. The molecule has 26 heavy (non-hydrogen) atoms. The molecule has 0 aliphatic carbocycles. The second kappa shape index (κ2) is 7.88. The molecule has 1 aliphatic rings. The second-order valence-corrected chi connectivity index (χ2v) is 7.18. The summed E-state index contributed by atoms with van der Waals surface area (Å²) in [5.74, 6) is 0.0871. The molecule has 0 radical (unpaired) electrons. The number of benzene rings is 1. The summed E-state index contributed by atoms with van der Waals surface area (Å²) < 4.78 is 5.11. The van der Waals surface area contributed by atoms with E-state index in [0.29, 0.717) is 34.8 Å². The fraction of sp³-hybridized carbons (Fsp3) is 0.412. The van der Waals surface area contributed by atoms with Gasteiger partial charge in [0.15, 0.2) is 5.54 Å². The lowest BCUT2D eigenvalue weighted by molar-refractivity contribution is -0.147. The average molecular weight is 377 g/mol. The van der Waals surface area contributed by atoms with Crippen molar-refractivity contribution in [3.8, 4) is 0 Å². The van der Waals surface area contributed by atoms with Crippen molar-refractivity contribution in [3.05, 3.63) is 40.4 Å². The van der Waals surface area contributed by atoms with E-state index in [0.717, 1.165) is 0 Å². The zero-order chi connectivity index (χ0) is 18.6. The van der Waals surface area contributed by atoms with Gasteiger partial charge in [-0.05, 0) is 12.1 Å². The number of carboxylic acid groups (broad SMARTS) is 1. The van der Waals surface area contributed by atoms with Crippen LogP contribution in [0, 0.1) is 0 Å². The maximum atomic E-state index is 12.0. The number of nitrogens with one attached hydrogen (secondary N) is 2. The molecule has 1 unspecified atom stereocenters. The van der Waals surface area contributed by atoms with Crippen molar-refractivity contribution in [1.82, 2.24) is 15.3 Å². The number of carboxylic acids is 1. The molecular weight excluding hydrogens is 358 g/mol. The number of ether oxygens (including phenoxy) is 1. The molecule has 0 saturated carbocycles. The zero-order valence-electron chi connectivity index (χ0n) is 14.0. The first kappa shape index (κ1) is 18.4. The number of carbonyl (C=O) groups excluding carboxylic acids is 1. The van der Waals surface area contributed by atoms with Gasteiger partial charge >= 0.3 is 5.97 Å². The Balaban J connectivity index is 1.50. The Morgan fingerprint density at radius 1 is 1.38 bits per heavy atom. The van der Waals surface area contributed by atoms with Gasteiger partial charge in [-0.15, -0.1) is 0 Å². The largest absolute Gasteiger partial charge is 0.479 e. The topological polar surface area (TPSA) is 121 Å². The van der Waals surface area contributed by atoms with E-state index in [1.807, 2.05) is 6.07 Å². The number of fused-ring (bicyclic) bond motifs is 1. The maximum Gasteiger partial charge on any atom is 0.331 e. The van der Waals surface area contributed by atoms with Crippen molar-refractivity contribution in [3.63, 3.8) is 0 Å². The summed E-state index contributed by atoms with van der Waals surface area (Å²) in [6.45, 7) is 0.311. The molecule has 0 spiro atoms. The van der Waals surface area contributed by atoms with Crippen molar-refractivity contribution < 1.29 is 19.4 Å². The van der Waals surface area contributed by atoms with Gasteiger partial charge in [0.25, 0.3) is 5.56 Å². The SMILES string of the molecule is O=C(CCSCc1nc2ccccc2c(=O)[nH]1)NC1(C(=O)O)CCOC1. The molecule has 3 rings (SSSR count). The van der Waals surface area contributed by atoms with E-state index >= 15 is 0 Å². The number of nitrogens with zero attached hydrogens (tertiary/aromatic N) is 1. The molecule has 2 aromatic rings. The average Bonchev–Trinajstić information content (AvgIpc) is 3.09. The van der Waals surface area contributed by atoms with E-state index in [9.17, 15) is 19.5 Å². The van der Waals surface area contributed by atoms with Gasteiger partial charge in [-0.3, -0.25) is 9.59 Å². The number of rotatable bonds is 7. The summed E-state index contributed by atoms with van der Waals surface area (Å²) in [7, 11) is 0. The fourth-order valence-corrected chi connectivity index (χ4v) is 3.56. The van der Waals surface area contributed by atoms with Crippen LogP contribution in [0.2, 0.25) is 0 Å². The lowest BCUT2D eigenvalue weighted by Crippen LogP contribution is -2.55. The molecule has 1 aliphatic heterocycles. The number of amides is 1. The number of hydrogen-bond donors (Lipinski definition) is 3. The van der Waals surface area contributed by atoms with Crippen LogP contribution >= 0.6 is 11.8 Å². The Hall–Kier alpha value is -2.39. The van der Waals surface area contributed by atoms with Crippen molar-refractivity contribution in [2.45, 2.75) is 24.1 Å². The zero-order valence-corrected chi connectivity index (χ0v) is 14.8. The third-order valence-corrected chi connectivity index (χ3v) is 5.15. The third kappa shape index (κ3) is 4.05. The number of H-pyrrole nitrogens is 1. The van der Waals surface area contributed by atoms with Crippen molar-refractivity contribution in [2.24, 2.45) is 0 Å². The van der Waals surface area contributed by atoms with Gasteiger partial charge in [-0.2, -0.15) is 11.8 Å². The van der Waals surface area contributed by atoms with Crippen LogP contribution < -0.4 is 10.9 Å². The Kier molecular flexibility index (Phi) is 5.58. The summed E-state index contributed by atoms with van der Waals surface area (Å²) in [5, 5.41) is 12.4. The van der Waals surface area contributed by atoms with E-state index in [4.69, 9.17) is 4.74 Å². The van der Waals surface area contributed by atoms with E-state index < -0.39 is 11.5 Å². The molecule has 9 heteroatoms. The molecule has 0 bridgehead atoms. The van der Waals surface area contributed by atoms with Crippen LogP contribution in [0.1, 0.15) is 18.7 Å². The molecule has 8 nitrogen and oxygen atoms in total. The van der Waals surface area contributed by atoms with Crippen LogP contribution in [0.25, 0.3) is 10.9 Å². The molecule has 1 amide bonds. The number of para-hydroxylation sites is 1. The van der Waals surface area contributed by atoms with E-state index in [1.165, 1.54) is 11.8 Å². The van der Waals surface area contributed by atoms with E-state index in [-0.39, 0.29) is 30.9 Å². The molecule has 1 saturated heterocycles. The molecule has 1 aromatic carbocycles. The molecule has 138 valence electrons. The van der Waals surface area contributed by atoms with Crippen molar-refractivity contribution >= 4 is 34.5 Å². The molecule has 3 N–H and O–H groups in total. The van der Waals surface area contributed by atoms with Crippen LogP contribution in [-0.2, 0) is 20.1 Å². The van der Waals surface area contributed by atoms with Gasteiger partial charge in [0.2, 0.25) is 5.91 Å². The van der Waals surface area contributed by atoms with Gasteiger partial charge in [0, 0.05) is 25.2 Å². The van der Waals surface area contributed by atoms with Crippen LogP contribution in [-0.4, -0.2) is 51.5 Å². The number of aromatic nitrogens is 2. The Labute approximate surface area is 153 Å². The maximum absolute atomic E-state index is 12.0. The first-order valence-corrected chi connectivity index (χ1v) is 9.33. The Bertz CT molecular complexity index is 876. The molecule has 2 heterocycles. The number of aromatic amines is 1. The summed E-state index contributed by atoms with van der Waals surface area (Å²) in [6.07, 6.45) is 0.445. The molecule has 1 fully saturated rings. The summed E-state index contributed by atoms with van der Waals surface area (Å²) in [4.78, 5) is 42.5. The fourth-order valence-electron chi connectivity index (χ4n) is 2.75. The number of carbonyl (C=O) groups is 2. The van der Waals surface area contributed by atoms with Crippen molar-refractivity contribution in [1.29, 1.82) is 0 Å². The monoisotopic (exact) mass is 377 g/mol. The minimum absolute atomic E-state index is 0.0105. The minimum Gasteiger partial charge on any atom is -0.479 e. The van der Waals surface area contributed by atoms with E-state index in [1.54, 1.807) is 18.2 Å². The highest BCUT2D eigenvalue weighted by Crippen LogP contribution is 2.19. The lowest BCUT2D eigenvalue weighted by Gasteiger charge is -2.23. The summed E-state index contributed by atoms with van der Waals surface area (Å²) in [5.41, 5.74) is -0.866. The lowest BCUT2D eigenvalue weighted by atomic mass is 9.99. The van der Waals surface area contributed by atoms with Crippen LogP contribution in [0.5, 0.6) is 0 Å². The predicted octanol–water partition coefficient (Wildman–Crippen LogP) is 0.906. The number of thioether (sulfide) groups is 1. The van der Waals surface area contributed by atoms with Crippen LogP contribution in [0.4, 0.5) is 0 Å². The highest BCUT2D eigenvalue weighted by atomic mass is 32.2. The first-order valence-electron chi connectivity index (χ1n) is 8.18. The van der Waals surface area contributed by atoms with E-state index in [2.05, 4.69) is 15.3 Å². The van der Waals surface area contributed by atoms with Gasteiger partial charge < -0.3 is 20.1 Å². The quantitative estimate of drug-likeness (QED) is 0.613. The Morgan fingerprint density at radius 2 is 2.19 bits per heavy atom.